The normalized spacial score (nSPS) is 19.8. The highest BCUT2D eigenvalue weighted by Crippen LogP contribution is 2.33. The smallest absolute Gasteiger partial charge is 0.277 e. The third-order valence-electron chi connectivity index (χ3n) is 6.14. The molecule has 0 unspecified atom stereocenters. The number of benzene rings is 2. The number of rotatable bonds is 4. The molecule has 1 N–H and O–H groups in total. The minimum Gasteiger partial charge on any atom is -0.454 e. The van der Waals surface area contributed by atoms with Crippen LogP contribution in [-0.2, 0) is 4.79 Å². The number of aryl methyl sites for hydroxylation is 2. The summed E-state index contributed by atoms with van der Waals surface area (Å²) in [6.07, 6.45) is 1.80. The molecule has 1 amide bonds. The van der Waals surface area contributed by atoms with Crippen LogP contribution in [0.5, 0.6) is 11.5 Å². The van der Waals surface area contributed by atoms with Crippen LogP contribution < -0.4 is 19.7 Å². The molecule has 32 heavy (non-hydrogen) atoms. The van der Waals surface area contributed by atoms with Crippen molar-refractivity contribution in [1.82, 2.24) is 15.1 Å². The molecule has 2 aromatic carbocycles. The van der Waals surface area contributed by atoms with Gasteiger partial charge in [0, 0.05) is 31.9 Å². The summed E-state index contributed by atoms with van der Waals surface area (Å²) in [6.45, 7) is 8.64. The highest BCUT2D eigenvalue weighted by molar-refractivity contribution is 7.80. The van der Waals surface area contributed by atoms with Crippen molar-refractivity contribution in [3.05, 3.63) is 58.8 Å². The molecule has 0 atom stereocenters. The van der Waals surface area contributed by atoms with Gasteiger partial charge in [-0.25, -0.2) is 0 Å². The van der Waals surface area contributed by atoms with Crippen molar-refractivity contribution in [2.75, 3.05) is 44.5 Å². The molecule has 166 valence electrons. The van der Waals surface area contributed by atoms with Crippen LogP contribution in [0.25, 0.3) is 6.08 Å². The van der Waals surface area contributed by atoms with E-state index in [1.807, 2.05) is 18.2 Å². The van der Waals surface area contributed by atoms with Crippen LogP contribution in [-0.4, -0.2) is 60.5 Å². The van der Waals surface area contributed by atoms with Crippen LogP contribution >= 0.6 is 12.2 Å². The maximum atomic E-state index is 13.0. The zero-order valence-electron chi connectivity index (χ0n) is 18.3. The van der Waals surface area contributed by atoms with Crippen molar-refractivity contribution < 1.29 is 14.3 Å². The highest BCUT2D eigenvalue weighted by atomic mass is 32.1. The Kier molecular flexibility index (Phi) is 5.48. The molecule has 3 heterocycles. The van der Waals surface area contributed by atoms with Gasteiger partial charge in [0.1, 0.15) is 5.70 Å². The Bertz CT molecular complexity index is 1090. The summed E-state index contributed by atoms with van der Waals surface area (Å²) in [7, 11) is 0. The molecule has 0 aromatic heterocycles. The van der Waals surface area contributed by atoms with E-state index in [1.165, 1.54) is 16.8 Å². The van der Waals surface area contributed by atoms with Crippen molar-refractivity contribution >= 4 is 35.0 Å². The lowest BCUT2D eigenvalue weighted by Gasteiger charge is -2.38. The Labute approximate surface area is 193 Å². The number of thiocarbonyl (C=S) groups is 1. The third kappa shape index (κ3) is 3.91. The van der Waals surface area contributed by atoms with E-state index in [9.17, 15) is 4.79 Å². The van der Waals surface area contributed by atoms with Gasteiger partial charge in [0.25, 0.3) is 5.91 Å². The van der Waals surface area contributed by atoms with Gasteiger partial charge < -0.3 is 19.7 Å². The molecular formula is C24H26N4O3S. The molecule has 0 aliphatic carbocycles. The minimum absolute atomic E-state index is 0.107. The first-order chi connectivity index (χ1) is 15.5. The van der Waals surface area contributed by atoms with Crippen molar-refractivity contribution in [3.63, 3.8) is 0 Å². The lowest BCUT2D eigenvalue weighted by molar-refractivity contribution is -0.123. The van der Waals surface area contributed by atoms with E-state index in [4.69, 9.17) is 21.7 Å². The maximum absolute atomic E-state index is 13.0. The first kappa shape index (κ1) is 20.8. The topological polar surface area (TPSA) is 57.3 Å². The number of hydrogen-bond donors (Lipinski definition) is 1. The number of amides is 1. The minimum atomic E-state index is -0.107. The molecule has 0 radical (unpaired) electrons. The van der Waals surface area contributed by atoms with Crippen LogP contribution in [0, 0.1) is 13.8 Å². The average molecular weight is 451 g/mol. The summed E-state index contributed by atoms with van der Waals surface area (Å²) in [5.74, 6) is 1.30. The number of nitrogens with zero attached hydrogens (tertiary/aromatic N) is 3. The van der Waals surface area contributed by atoms with Crippen molar-refractivity contribution in [2.45, 2.75) is 13.8 Å². The Morgan fingerprint density at radius 2 is 1.75 bits per heavy atom. The number of anilines is 1. The standard InChI is InChI=1S/C24H26N4O3S/c1-16-4-3-5-17(2)22(16)27-10-8-26(9-11-27)14-28-23(29)19(25-24(28)32)12-18-6-7-20-21(13-18)31-15-30-20/h3-7,12-13H,8-11,14-15H2,1-2H3,(H,25,32)/b19-12-. The summed E-state index contributed by atoms with van der Waals surface area (Å²) in [4.78, 5) is 19.4. The van der Waals surface area contributed by atoms with Crippen molar-refractivity contribution in [2.24, 2.45) is 0 Å². The number of piperazine rings is 1. The lowest BCUT2D eigenvalue weighted by atomic mass is 10.1. The van der Waals surface area contributed by atoms with Gasteiger partial charge in [-0.2, -0.15) is 0 Å². The molecule has 2 saturated heterocycles. The number of nitrogens with one attached hydrogen (secondary N) is 1. The lowest BCUT2D eigenvalue weighted by Crippen LogP contribution is -2.51. The summed E-state index contributed by atoms with van der Waals surface area (Å²) in [6, 6.07) is 12.0. The van der Waals surface area contributed by atoms with E-state index in [2.05, 4.69) is 47.2 Å². The number of carbonyl (C=O) groups is 1. The van der Waals surface area contributed by atoms with E-state index in [0.29, 0.717) is 23.2 Å². The monoisotopic (exact) mass is 450 g/mol. The highest BCUT2D eigenvalue weighted by Gasteiger charge is 2.33. The van der Waals surface area contributed by atoms with Gasteiger partial charge in [-0.05, 0) is 61.0 Å². The van der Waals surface area contributed by atoms with Crippen molar-refractivity contribution in [1.29, 1.82) is 0 Å². The van der Waals surface area contributed by atoms with Crippen LogP contribution in [0.3, 0.4) is 0 Å². The van der Waals surface area contributed by atoms with Gasteiger partial charge in [0.2, 0.25) is 6.79 Å². The first-order valence-corrected chi connectivity index (χ1v) is 11.2. The summed E-state index contributed by atoms with van der Waals surface area (Å²) in [5, 5.41) is 3.51. The SMILES string of the molecule is Cc1cccc(C)c1N1CCN(CN2C(=O)/C(=C/c3ccc4c(c3)OCO4)NC2=S)CC1. The van der Waals surface area contributed by atoms with E-state index < -0.39 is 0 Å². The fourth-order valence-corrected chi connectivity index (χ4v) is 4.74. The zero-order valence-corrected chi connectivity index (χ0v) is 19.1. The van der Waals surface area contributed by atoms with E-state index >= 15 is 0 Å². The fourth-order valence-electron chi connectivity index (χ4n) is 4.49. The van der Waals surface area contributed by atoms with Gasteiger partial charge in [-0.15, -0.1) is 0 Å². The third-order valence-corrected chi connectivity index (χ3v) is 6.46. The van der Waals surface area contributed by atoms with Gasteiger partial charge >= 0.3 is 0 Å². The zero-order chi connectivity index (χ0) is 22.2. The number of para-hydroxylation sites is 1. The molecule has 2 aromatic rings. The molecule has 8 heteroatoms. The molecule has 0 saturated carbocycles. The quantitative estimate of drug-likeness (QED) is 0.568. The summed E-state index contributed by atoms with van der Waals surface area (Å²) in [5.41, 5.74) is 5.27. The van der Waals surface area contributed by atoms with Crippen LogP contribution in [0.2, 0.25) is 0 Å². The second kappa shape index (κ2) is 8.44. The number of hydrogen-bond acceptors (Lipinski definition) is 6. The number of carbonyl (C=O) groups excluding carboxylic acids is 1. The second-order valence-corrected chi connectivity index (χ2v) is 8.71. The molecule has 3 aliphatic heterocycles. The molecular weight excluding hydrogens is 424 g/mol. The van der Waals surface area contributed by atoms with Crippen LogP contribution in [0.1, 0.15) is 16.7 Å². The summed E-state index contributed by atoms with van der Waals surface area (Å²) < 4.78 is 10.8. The molecule has 3 aliphatic rings. The molecule has 0 bridgehead atoms. The van der Waals surface area contributed by atoms with Gasteiger partial charge in [-0.1, -0.05) is 24.3 Å². The number of fused-ring (bicyclic) bond motifs is 1. The molecule has 0 spiro atoms. The Hall–Kier alpha value is -3.10. The summed E-state index contributed by atoms with van der Waals surface area (Å²) >= 11 is 5.46. The average Bonchev–Trinajstić information content (AvgIpc) is 3.34. The molecule has 7 nitrogen and oxygen atoms in total. The van der Waals surface area contributed by atoms with Crippen LogP contribution in [0.15, 0.2) is 42.1 Å². The van der Waals surface area contributed by atoms with Gasteiger partial charge in [0.15, 0.2) is 16.6 Å². The Morgan fingerprint density at radius 1 is 1.03 bits per heavy atom. The number of ether oxygens (including phenoxy) is 2. The van der Waals surface area contributed by atoms with Crippen molar-refractivity contribution in [3.8, 4) is 11.5 Å². The van der Waals surface area contributed by atoms with E-state index in [-0.39, 0.29) is 12.7 Å². The van der Waals surface area contributed by atoms with Gasteiger partial charge in [-0.3, -0.25) is 14.6 Å². The van der Waals surface area contributed by atoms with Crippen LogP contribution in [0.4, 0.5) is 5.69 Å². The second-order valence-electron chi connectivity index (χ2n) is 8.32. The predicted molar refractivity (Wildman–Crippen MR) is 128 cm³/mol. The predicted octanol–water partition coefficient (Wildman–Crippen LogP) is 2.87. The Balaban J connectivity index is 1.23. The maximum Gasteiger partial charge on any atom is 0.277 e. The van der Waals surface area contributed by atoms with E-state index in [1.54, 1.807) is 11.0 Å². The molecule has 5 rings (SSSR count). The molecule has 2 fully saturated rings. The Morgan fingerprint density at radius 3 is 2.50 bits per heavy atom. The van der Waals surface area contributed by atoms with Gasteiger partial charge in [0.05, 0.1) is 6.67 Å². The first-order valence-electron chi connectivity index (χ1n) is 10.8. The fraction of sp³-hybridized carbons (Fsp3) is 0.333. The largest absolute Gasteiger partial charge is 0.454 e. The van der Waals surface area contributed by atoms with E-state index in [0.717, 1.165) is 37.5 Å².